The molecule has 54 valence electrons. The Hall–Kier alpha value is -0.510. The fourth-order valence-corrected chi connectivity index (χ4v) is 1.30. The molecule has 0 radical (unpaired) electrons. The molecule has 1 N–H and O–H groups in total. The normalized spacial score (nSPS) is 13.0. The van der Waals surface area contributed by atoms with Gasteiger partial charge < -0.3 is 4.55 Å². The fourth-order valence-electron chi connectivity index (χ4n) is 0.662. The number of hydrogen-bond donors (Lipinski definition) is 1. The monoisotopic (exact) mass is 155 g/mol. The minimum Gasteiger partial charge on any atom is -0.593 e. The molecule has 0 saturated carbocycles. The standard InChI is InChI=1S/C7H9NOS/c1-8-10(9)7-5-3-2-4-6-7/h2-6,8H,1H3. The summed E-state index contributed by atoms with van der Waals surface area (Å²) >= 11 is -1.04. The SMILES string of the molecule is CN[S+]([O-])c1ccccc1. The van der Waals surface area contributed by atoms with Crippen molar-refractivity contribution in [3.8, 4) is 0 Å². The van der Waals surface area contributed by atoms with Gasteiger partial charge in [-0.15, -0.1) is 4.72 Å². The Balaban J connectivity index is 2.75. The van der Waals surface area contributed by atoms with Crippen molar-refractivity contribution < 1.29 is 4.55 Å². The summed E-state index contributed by atoms with van der Waals surface area (Å²) in [7, 11) is 1.67. The molecule has 1 unspecified atom stereocenters. The Morgan fingerprint density at radius 3 is 2.40 bits per heavy atom. The van der Waals surface area contributed by atoms with Crippen LogP contribution in [0.2, 0.25) is 0 Å². The van der Waals surface area contributed by atoms with Gasteiger partial charge in [0.1, 0.15) is 0 Å². The van der Waals surface area contributed by atoms with Crippen molar-refractivity contribution in [2.75, 3.05) is 7.05 Å². The largest absolute Gasteiger partial charge is 0.593 e. The van der Waals surface area contributed by atoms with Crippen molar-refractivity contribution in [1.29, 1.82) is 0 Å². The number of hydrogen-bond acceptors (Lipinski definition) is 2. The van der Waals surface area contributed by atoms with Crippen LogP contribution in [-0.4, -0.2) is 11.6 Å². The molecule has 3 heteroatoms. The summed E-state index contributed by atoms with van der Waals surface area (Å²) in [6.45, 7) is 0. The quantitative estimate of drug-likeness (QED) is 0.645. The van der Waals surface area contributed by atoms with Crippen LogP contribution in [0.3, 0.4) is 0 Å². The van der Waals surface area contributed by atoms with E-state index < -0.39 is 11.4 Å². The number of rotatable bonds is 2. The maximum absolute atomic E-state index is 11.0. The summed E-state index contributed by atoms with van der Waals surface area (Å²) in [5.41, 5.74) is 0. The molecule has 1 aromatic carbocycles. The molecular weight excluding hydrogens is 146 g/mol. The number of nitrogens with one attached hydrogen (secondary N) is 1. The van der Waals surface area contributed by atoms with Crippen molar-refractivity contribution in [3.05, 3.63) is 30.3 Å². The van der Waals surface area contributed by atoms with Crippen LogP contribution in [0.15, 0.2) is 35.2 Å². The van der Waals surface area contributed by atoms with E-state index in [1.165, 1.54) is 0 Å². The Bertz CT molecular complexity index is 190. The van der Waals surface area contributed by atoms with Crippen LogP contribution in [-0.2, 0) is 11.4 Å². The summed E-state index contributed by atoms with van der Waals surface area (Å²) in [5.74, 6) is 0. The second-order valence-corrected chi connectivity index (χ2v) is 3.20. The molecule has 0 aliphatic carbocycles. The van der Waals surface area contributed by atoms with Crippen molar-refractivity contribution in [3.63, 3.8) is 0 Å². The minimum atomic E-state index is -1.04. The van der Waals surface area contributed by atoms with Crippen molar-refractivity contribution >= 4 is 11.4 Å². The number of benzene rings is 1. The molecule has 0 fully saturated rings. The molecule has 0 heterocycles. The van der Waals surface area contributed by atoms with Crippen LogP contribution in [0.1, 0.15) is 0 Å². The minimum absolute atomic E-state index is 0.810. The predicted molar refractivity (Wildman–Crippen MR) is 41.9 cm³/mol. The molecule has 0 amide bonds. The highest BCUT2D eigenvalue weighted by atomic mass is 32.2. The Morgan fingerprint density at radius 2 is 1.90 bits per heavy atom. The summed E-state index contributed by atoms with van der Waals surface area (Å²) in [4.78, 5) is 0.810. The highest BCUT2D eigenvalue weighted by molar-refractivity contribution is 7.89. The van der Waals surface area contributed by atoms with Gasteiger partial charge >= 0.3 is 0 Å². The second-order valence-electron chi connectivity index (χ2n) is 1.79. The summed E-state index contributed by atoms with van der Waals surface area (Å²) in [6, 6.07) is 9.28. The molecule has 1 rings (SSSR count). The lowest BCUT2D eigenvalue weighted by atomic mass is 10.4. The van der Waals surface area contributed by atoms with Gasteiger partial charge in [-0.2, -0.15) is 0 Å². The van der Waals surface area contributed by atoms with Crippen LogP contribution < -0.4 is 4.72 Å². The topological polar surface area (TPSA) is 35.1 Å². The van der Waals surface area contributed by atoms with Gasteiger partial charge in [0.2, 0.25) is 0 Å². The molecule has 0 saturated heterocycles. The van der Waals surface area contributed by atoms with Gasteiger partial charge in [0.25, 0.3) is 0 Å². The van der Waals surface area contributed by atoms with Crippen LogP contribution >= 0.6 is 0 Å². The van der Waals surface area contributed by atoms with Crippen LogP contribution in [0.25, 0.3) is 0 Å². The van der Waals surface area contributed by atoms with Gasteiger partial charge in [-0.25, -0.2) is 0 Å². The molecule has 0 aliphatic rings. The maximum Gasteiger partial charge on any atom is 0.173 e. The van der Waals surface area contributed by atoms with E-state index in [1.807, 2.05) is 30.3 Å². The zero-order chi connectivity index (χ0) is 7.40. The lowest BCUT2D eigenvalue weighted by Crippen LogP contribution is -2.18. The van der Waals surface area contributed by atoms with E-state index in [-0.39, 0.29) is 0 Å². The van der Waals surface area contributed by atoms with E-state index in [1.54, 1.807) is 7.05 Å². The Morgan fingerprint density at radius 1 is 1.30 bits per heavy atom. The lowest BCUT2D eigenvalue weighted by Gasteiger charge is -2.05. The van der Waals surface area contributed by atoms with E-state index in [9.17, 15) is 4.55 Å². The molecule has 0 bridgehead atoms. The average molecular weight is 155 g/mol. The first-order chi connectivity index (χ1) is 4.84. The Kier molecular flexibility index (Phi) is 2.74. The predicted octanol–water partition coefficient (Wildman–Crippen LogP) is 0.929. The van der Waals surface area contributed by atoms with Gasteiger partial charge in [-0.1, -0.05) is 18.2 Å². The van der Waals surface area contributed by atoms with Gasteiger partial charge in [0, 0.05) is 7.05 Å². The van der Waals surface area contributed by atoms with E-state index in [0.717, 1.165) is 4.90 Å². The van der Waals surface area contributed by atoms with Gasteiger partial charge in [-0.05, 0) is 12.1 Å². The van der Waals surface area contributed by atoms with Crippen molar-refractivity contribution in [2.24, 2.45) is 0 Å². The fraction of sp³-hybridized carbons (Fsp3) is 0.143. The molecule has 0 aliphatic heterocycles. The van der Waals surface area contributed by atoms with Gasteiger partial charge in [-0.3, -0.25) is 0 Å². The maximum atomic E-state index is 11.0. The zero-order valence-corrected chi connectivity index (χ0v) is 6.52. The summed E-state index contributed by atoms with van der Waals surface area (Å²) in [5, 5.41) is 0. The first kappa shape index (κ1) is 7.60. The van der Waals surface area contributed by atoms with Crippen LogP contribution in [0.5, 0.6) is 0 Å². The highest BCUT2D eigenvalue weighted by Gasteiger charge is 2.04. The molecule has 1 aromatic rings. The lowest BCUT2D eigenvalue weighted by molar-refractivity contribution is 0.587. The van der Waals surface area contributed by atoms with E-state index >= 15 is 0 Å². The van der Waals surface area contributed by atoms with Gasteiger partial charge in [0.15, 0.2) is 4.90 Å². The third-order valence-electron chi connectivity index (χ3n) is 1.14. The van der Waals surface area contributed by atoms with Crippen molar-refractivity contribution in [1.82, 2.24) is 4.72 Å². The molecule has 2 nitrogen and oxygen atoms in total. The van der Waals surface area contributed by atoms with Crippen molar-refractivity contribution in [2.45, 2.75) is 4.90 Å². The van der Waals surface area contributed by atoms with E-state index in [2.05, 4.69) is 4.72 Å². The molecule has 1 atom stereocenters. The zero-order valence-electron chi connectivity index (χ0n) is 5.70. The second kappa shape index (κ2) is 3.61. The third kappa shape index (κ3) is 1.73. The summed E-state index contributed by atoms with van der Waals surface area (Å²) < 4.78 is 13.7. The average Bonchev–Trinajstić information content (AvgIpc) is 2.05. The van der Waals surface area contributed by atoms with Crippen LogP contribution in [0.4, 0.5) is 0 Å². The van der Waals surface area contributed by atoms with E-state index in [0.29, 0.717) is 0 Å². The summed E-state index contributed by atoms with van der Waals surface area (Å²) in [6.07, 6.45) is 0. The molecule has 0 spiro atoms. The van der Waals surface area contributed by atoms with Gasteiger partial charge in [0.05, 0.1) is 11.4 Å². The highest BCUT2D eigenvalue weighted by Crippen LogP contribution is 2.05. The van der Waals surface area contributed by atoms with Crippen LogP contribution in [0, 0.1) is 0 Å². The third-order valence-corrected chi connectivity index (χ3v) is 2.21. The first-order valence-electron chi connectivity index (χ1n) is 2.99. The van der Waals surface area contributed by atoms with E-state index in [4.69, 9.17) is 0 Å². The Labute approximate surface area is 63.6 Å². The molecular formula is C7H9NOS. The first-order valence-corrected chi connectivity index (χ1v) is 4.14. The smallest absolute Gasteiger partial charge is 0.173 e. The molecule has 0 aromatic heterocycles. The molecule has 10 heavy (non-hydrogen) atoms.